The topological polar surface area (TPSA) is 64.0 Å². The molecule has 0 aliphatic heterocycles. The SMILES string of the molecule is Cc1cc(NC(=O)C(C)n2nc(-c3cccs3)ccc2=O)ccc1Br. The monoisotopic (exact) mass is 417 g/mol. The quantitative estimate of drug-likeness (QED) is 0.689. The summed E-state index contributed by atoms with van der Waals surface area (Å²) in [7, 11) is 0. The zero-order chi connectivity index (χ0) is 18.0. The molecule has 0 saturated carbocycles. The molecule has 3 rings (SSSR count). The standard InChI is InChI=1S/C18H16BrN3O2S/c1-11-10-13(5-6-14(11)19)20-18(24)12(2)22-17(23)8-7-15(21-22)16-4-3-9-25-16/h3-10,12H,1-2H3,(H,20,24). The Morgan fingerprint density at radius 3 is 2.76 bits per heavy atom. The molecule has 2 heterocycles. The molecule has 0 fully saturated rings. The van der Waals surface area contributed by atoms with Gasteiger partial charge in [0.15, 0.2) is 0 Å². The van der Waals surface area contributed by atoms with Crippen LogP contribution in [0.25, 0.3) is 10.6 Å². The molecule has 1 atom stereocenters. The van der Waals surface area contributed by atoms with Gasteiger partial charge in [0.1, 0.15) is 11.7 Å². The van der Waals surface area contributed by atoms with Crippen molar-refractivity contribution in [1.82, 2.24) is 9.78 Å². The number of hydrogen-bond donors (Lipinski definition) is 1. The summed E-state index contributed by atoms with van der Waals surface area (Å²) in [6, 6.07) is 11.8. The van der Waals surface area contributed by atoms with Crippen LogP contribution < -0.4 is 10.9 Å². The van der Waals surface area contributed by atoms with E-state index in [-0.39, 0.29) is 11.5 Å². The van der Waals surface area contributed by atoms with Crippen molar-refractivity contribution in [2.45, 2.75) is 19.9 Å². The fourth-order valence-electron chi connectivity index (χ4n) is 2.34. The zero-order valence-corrected chi connectivity index (χ0v) is 16.1. The Balaban J connectivity index is 1.85. The van der Waals surface area contributed by atoms with Crippen LogP contribution in [-0.2, 0) is 4.79 Å². The van der Waals surface area contributed by atoms with Crippen LogP contribution in [0.1, 0.15) is 18.5 Å². The molecule has 0 bridgehead atoms. The first-order valence-corrected chi connectivity index (χ1v) is 9.34. The highest BCUT2D eigenvalue weighted by Crippen LogP contribution is 2.23. The van der Waals surface area contributed by atoms with Gasteiger partial charge in [-0.3, -0.25) is 9.59 Å². The largest absolute Gasteiger partial charge is 0.324 e. The summed E-state index contributed by atoms with van der Waals surface area (Å²) in [5.41, 5.74) is 2.06. The summed E-state index contributed by atoms with van der Waals surface area (Å²) in [4.78, 5) is 25.6. The van der Waals surface area contributed by atoms with Gasteiger partial charge in [-0.1, -0.05) is 22.0 Å². The van der Waals surface area contributed by atoms with Gasteiger partial charge in [-0.2, -0.15) is 5.10 Å². The van der Waals surface area contributed by atoms with Gasteiger partial charge < -0.3 is 5.32 Å². The first-order valence-electron chi connectivity index (χ1n) is 7.66. The molecule has 0 aliphatic carbocycles. The Labute approximate surface area is 157 Å². The second kappa shape index (κ2) is 7.33. The third kappa shape index (κ3) is 3.88. The summed E-state index contributed by atoms with van der Waals surface area (Å²) < 4.78 is 2.19. The molecule has 5 nitrogen and oxygen atoms in total. The molecule has 7 heteroatoms. The number of nitrogens with zero attached hydrogens (tertiary/aromatic N) is 2. The summed E-state index contributed by atoms with van der Waals surface area (Å²) in [5.74, 6) is -0.292. The molecular weight excluding hydrogens is 402 g/mol. The van der Waals surface area contributed by atoms with Gasteiger partial charge in [-0.25, -0.2) is 4.68 Å². The van der Waals surface area contributed by atoms with Crippen molar-refractivity contribution in [2.24, 2.45) is 0 Å². The van der Waals surface area contributed by atoms with Gasteiger partial charge in [0.2, 0.25) is 5.91 Å². The maximum atomic E-state index is 12.5. The van der Waals surface area contributed by atoms with E-state index < -0.39 is 6.04 Å². The third-order valence-electron chi connectivity index (χ3n) is 3.77. The highest BCUT2D eigenvalue weighted by atomic mass is 79.9. The molecule has 3 aromatic rings. The highest BCUT2D eigenvalue weighted by molar-refractivity contribution is 9.10. The van der Waals surface area contributed by atoms with Crippen molar-refractivity contribution in [3.63, 3.8) is 0 Å². The third-order valence-corrected chi connectivity index (χ3v) is 5.55. The summed E-state index contributed by atoms with van der Waals surface area (Å²) in [5, 5.41) is 9.13. The summed E-state index contributed by atoms with van der Waals surface area (Å²) >= 11 is 4.96. The maximum Gasteiger partial charge on any atom is 0.267 e. The number of anilines is 1. The van der Waals surface area contributed by atoms with E-state index in [2.05, 4.69) is 26.3 Å². The van der Waals surface area contributed by atoms with Crippen LogP contribution in [0.3, 0.4) is 0 Å². The lowest BCUT2D eigenvalue weighted by molar-refractivity contribution is -0.119. The van der Waals surface area contributed by atoms with Crippen molar-refractivity contribution in [3.8, 4) is 10.6 Å². The fourth-order valence-corrected chi connectivity index (χ4v) is 3.28. The fraction of sp³-hybridized carbons (Fsp3) is 0.167. The number of thiophene rings is 1. The molecule has 2 aromatic heterocycles. The maximum absolute atomic E-state index is 12.5. The summed E-state index contributed by atoms with van der Waals surface area (Å²) in [6.45, 7) is 3.60. The number of carbonyl (C=O) groups is 1. The second-order valence-electron chi connectivity index (χ2n) is 5.61. The van der Waals surface area contributed by atoms with Crippen LogP contribution in [0.5, 0.6) is 0 Å². The Morgan fingerprint density at radius 2 is 2.08 bits per heavy atom. The van der Waals surface area contributed by atoms with Gasteiger partial charge in [0.25, 0.3) is 5.56 Å². The number of halogens is 1. The van der Waals surface area contributed by atoms with Crippen LogP contribution in [0.4, 0.5) is 5.69 Å². The molecule has 128 valence electrons. The summed E-state index contributed by atoms with van der Waals surface area (Å²) in [6.07, 6.45) is 0. The number of aromatic nitrogens is 2. The zero-order valence-electron chi connectivity index (χ0n) is 13.7. The number of nitrogens with one attached hydrogen (secondary N) is 1. The number of rotatable bonds is 4. The van der Waals surface area contributed by atoms with Crippen LogP contribution in [-0.4, -0.2) is 15.7 Å². The predicted molar refractivity (Wildman–Crippen MR) is 104 cm³/mol. The molecule has 0 aliphatic rings. The van der Waals surface area contributed by atoms with Gasteiger partial charge >= 0.3 is 0 Å². The van der Waals surface area contributed by atoms with Crippen molar-refractivity contribution in [3.05, 3.63) is 68.2 Å². The lowest BCUT2D eigenvalue weighted by Gasteiger charge is -2.15. The molecule has 1 unspecified atom stereocenters. The number of amides is 1. The van der Waals surface area contributed by atoms with E-state index in [1.807, 2.05) is 36.6 Å². The van der Waals surface area contributed by atoms with E-state index in [0.717, 1.165) is 14.9 Å². The molecule has 0 saturated heterocycles. The van der Waals surface area contributed by atoms with E-state index in [9.17, 15) is 9.59 Å². The minimum absolute atomic E-state index is 0.292. The van der Waals surface area contributed by atoms with E-state index in [1.165, 1.54) is 22.1 Å². The van der Waals surface area contributed by atoms with Gasteiger partial charge in [0.05, 0.1) is 4.88 Å². The van der Waals surface area contributed by atoms with Crippen molar-refractivity contribution in [1.29, 1.82) is 0 Å². The van der Waals surface area contributed by atoms with Crippen molar-refractivity contribution in [2.75, 3.05) is 5.32 Å². The molecule has 1 N–H and O–H groups in total. The van der Waals surface area contributed by atoms with Crippen molar-refractivity contribution < 1.29 is 4.79 Å². The van der Waals surface area contributed by atoms with Crippen LogP contribution >= 0.6 is 27.3 Å². The van der Waals surface area contributed by atoms with E-state index in [0.29, 0.717) is 11.4 Å². The van der Waals surface area contributed by atoms with Crippen LogP contribution in [0.2, 0.25) is 0 Å². The first kappa shape index (κ1) is 17.6. The van der Waals surface area contributed by atoms with Gasteiger partial charge in [-0.15, -0.1) is 11.3 Å². The number of carbonyl (C=O) groups excluding carboxylic acids is 1. The average molecular weight is 418 g/mol. The number of benzene rings is 1. The van der Waals surface area contributed by atoms with Crippen LogP contribution in [0.15, 0.2) is 57.1 Å². The Hall–Kier alpha value is -2.25. The molecule has 0 spiro atoms. The van der Waals surface area contributed by atoms with E-state index in [1.54, 1.807) is 19.1 Å². The van der Waals surface area contributed by atoms with Crippen LogP contribution in [0, 0.1) is 6.92 Å². The first-order chi connectivity index (χ1) is 12.0. The second-order valence-corrected chi connectivity index (χ2v) is 7.41. The number of hydrogen-bond acceptors (Lipinski definition) is 4. The lowest BCUT2D eigenvalue weighted by atomic mass is 10.2. The highest BCUT2D eigenvalue weighted by Gasteiger charge is 2.18. The smallest absolute Gasteiger partial charge is 0.267 e. The average Bonchev–Trinajstić information content (AvgIpc) is 3.12. The molecule has 1 amide bonds. The number of aryl methyl sites for hydroxylation is 1. The Kier molecular flexibility index (Phi) is 5.15. The minimum atomic E-state index is -0.726. The predicted octanol–water partition coefficient (Wildman–Crippen LogP) is 4.24. The molecule has 25 heavy (non-hydrogen) atoms. The molecule has 1 aromatic carbocycles. The Bertz CT molecular complexity index is 967. The van der Waals surface area contributed by atoms with E-state index in [4.69, 9.17) is 0 Å². The molecular formula is C18H16BrN3O2S. The van der Waals surface area contributed by atoms with Gasteiger partial charge in [-0.05, 0) is 55.1 Å². The molecule has 0 radical (unpaired) electrons. The Morgan fingerprint density at radius 1 is 1.28 bits per heavy atom. The minimum Gasteiger partial charge on any atom is -0.324 e. The van der Waals surface area contributed by atoms with E-state index >= 15 is 0 Å². The van der Waals surface area contributed by atoms with Gasteiger partial charge in [0, 0.05) is 16.2 Å². The normalized spacial score (nSPS) is 12.0. The lowest BCUT2D eigenvalue weighted by Crippen LogP contribution is -2.33. The van der Waals surface area contributed by atoms with Crippen molar-refractivity contribution >= 4 is 38.9 Å².